The highest BCUT2D eigenvalue weighted by Gasteiger charge is 2.25. The fourth-order valence-electron chi connectivity index (χ4n) is 1.28. The maximum atomic E-state index is 11.2. The van der Waals surface area contributed by atoms with E-state index in [1.165, 1.54) is 12.8 Å². The summed E-state index contributed by atoms with van der Waals surface area (Å²) in [7, 11) is 0. The van der Waals surface area contributed by atoms with Crippen molar-refractivity contribution in [2.45, 2.75) is 45.7 Å². The van der Waals surface area contributed by atoms with Crippen molar-refractivity contribution in [3.8, 4) is 0 Å². The van der Waals surface area contributed by atoms with Gasteiger partial charge in [0.15, 0.2) is 0 Å². The topological polar surface area (TPSA) is 67.5 Å². The number of hydrogen-bond acceptors (Lipinski definition) is 3. The average Bonchev–Trinajstić information content (AvgIpc) is 2.87. The molecule has 4 heteroatoms. The molecule has 1 aliphatic rings. The van der Waals surface area contributed by atoms with Crippen molar-refractivity contribution in [1.82, 2.24) is 5.32 Å². The Morgan fingerprint density at radius 3 is 2.53 bits per heavy atom. The van der Waals surface area contributed by atoms with E-state index in [-0.39, 0.29) is 6.04 Å². The van der Waals surface area contributed by atoms with Crippen LogP contribution in [-0.2, 0) is 4.79 Å². The molecule has 15 heavy (non-hydrogen) atoms. The van der Waals surface area contributed by atoms with Gasteiger partial charge in [0, 0.05) is 24.0 Å². The second kappa shape index (κ2) is 5.07. The lowest BCUT2D eigenvalue weighted by Crippen LogP contribution is -2.35. The smallest absolute Gasteiger partial charge is 0.247 e. The van der Waals surface area contributed by atoms with Gasteiger partial charge in [-0.05, 0) is 33.6 Å². The molecule has 0 unspecified atom stereocenters. The number of nitrogens with one attached hydrogen (secondary N) is 1. The second-order valence-corrected chi connectivity index (χ2v) is 4.19. The zero-order chi connectivity index (χ0) is 11.4. The molecule has 0 spiro atoms. The van der Waals surface area contributed by atoms with E-state index in [9.17, 15) is 4.79 Å². The summed E-state index contributed by atoms with van der Waals surface area (Å²) >= 11 is 0. The van der Waals surface area contributed by atoms with Crippen LogP contribution >= 0.6 is 0 Å². The van der Waals surface area contributed by atoms with Crippen LogP contribution in [0.1, 0.15) is 33.6 Å². The molecule has 0 aromatic rings. The Bertz CT molecular complexity index is 299. The van der Waals surface area contributed by atoms with Crippen molar-refractivity contribution < 1.29 is 4.79 Å². The van der Waals surface area contributed by atoms with Gasteiger partial charge in [0.2, 0.25) is 5.91 Å². The second-order valence-electron chi connectivity index (χ2n) is 4.19. The Morgan fingerprint density at radius 2 is 2.13 bits per heavy atom. The van der Waals surface area contributed by atoms with Gasteiger partial charge in [0.1, 0.15) is 0 Å². The molecule has 0 heterocycles. The Morgan fingerprint density at radius 1 is 1.53 bits per heavy atom. The quantitative estimate of drug-likeness (QED) is 0.523. The summed E-state index contributed by atoms with van der Waals surface area (Å²) in [6.07, 6.45) is 3.94. The number of primary amides is 1. The van der Waals surface area contributed by atoms with Crippen LogP contribution in [0.2, 0.25) is 0 Å². The Kier molecular flexibility index (Phi) is 4.03. The number of hydrogen-bond donors (Lipinski definition) is 2. The van der Waals surface area contributed by atoms with Crippen molar-refractivity contribution in [1.29, 1.82) is 0 Å². The summed E-state index contributed by atoms with van der Waals surface area (Å²) in [6, 6.07) is 0.535. The van der Waals surface area contributed by atoms with E-state index in [1.807, 2.05) is 20.8 Å². The van der Waals surface area contributed by atoms with Crippen LogP contribution in [0, 0.1) is 0 Å². The number of rotatable bonds is 5. The van der Waals surface area contributed by atoms with Crippen LogP contribution in [0.15, 0.2) is 16.8 Å². The highest BCUT2D eigenvalue weighted by atomic mass is 16.1. The molecule has 0 radical (unpaired) electrons. The molecule has 0 bridgehead atoms. The van der Waals surface area contributed by atoms with Gasteiger partial charge in [0.25, 0.3) is 0 Å². The van der Waals surface area contributed by atoms with E-state index >= 15 is 0 Å². The predicted molar refractivity (Wildman–Crippen MR) is 61.7 cm³/mol. The lowest BCUT2D eigenvalue weighted by molar-refractivity contribution is -0.114. The van der Waals surface area contributed by atoms with Crippen molar-refractivity contribution in [3.63, 3.8) is 0 Å². The fraction of sp³-hybridized carbons (Fsp3) is 0.636. The molecular formula is C11H19N3O. The molecule has 0 aromatic carbocycles. The molecule has 0 aliphatic heterocycles. The van der Waals surface area contributed by atoms with E-state index < -0.39 is 5.91 Å². The maximum Gasteiger partial charge on any atom is 0.247 e. The van der Waals surface area contributed by atoms with Crippen molar-refractivity contribution >= 4 is 11.6 Å². The third kappa shape index (κ3) is 4.25. The minimum absolute atomic E-state index is 0.0156. The largest absolute Gasteiger partial charge is 0.366 e. The van der Waals surface area contributed by atoms with E-state index in [0.29, 0.717) is 11.6 Å². The van der Waals surface area contributed by atoms with E-state index in [0.717, 1.165) is 5.71 Å². The fourth-order valence-corrected chi connectivity index (χ4v) is 1.28. The van der Waals surface area contributed by atoms with Gasteiger partial charge in [-0.25, -0.2) is 0 Å². The first-order chi connectivity index (χ1) is 7.00. The zero-order valence-electron chi connectivity index (χ0n) is 9.58. The number of nitrogens with two attached hydrogens (primary N) is 1. The molecule has 1 saturated carbocycles. The van der Waals surface area contributed by atoms with E-state index in [4.69, 9.17) is 5.73 Å². The number of amides is 1. The standard InChI is InChI=1S/C11H19N3O/c1-7(2)13-6-10(11(12)15)8(3)14-9-4-5-9/h6,8-9,14H,4-5H2,1-3H3,(H2,12,15)/b10-6+/t8-/m0/s1. The Balaban J connectivity index is 2.66. The minimum Gasteiger partial charge on any atom is -0.366 e. The molecule has 0 aromatic heterocycles. The number of nitrogens with zero attached hydrogens (tertiary/aromatic N) is 1. The zero-order valence-corrected chi connectivity index (χ0v) is 9.58. The molecule has 1 amide bonds. The molecule has 1 fully saturated rings. The Labute approximate surface area is 90.6 Å². The van der Waals surface area contributed by atoms with E-state index in [1.54, 1.807) is 6.20 Å². The van der Waals surface area contributed by atoms with E-state index in [2.05, 4.69) is 10.3 Å². The summed E-state index contributed by atoms with van der Waals surface area (Å²) in [6.45, 7) is 5.71. The van der Waals surface area contributed by atoms with Crippen LogP contribution in [0.25, 0.3) is 0 Å². The summed E-state index contributed by atoms with van der Waals surface area (Å²) in [5.41, 5.74) is 6.76. The maximum absolute atomic E-state index is 11.2. The van der Waals surface area contributed by atoms with Gasteiger partial charge in [-0.2, -0.15) is 0 Å². The van der Waals surface area contributed by atoms with Gasteiger partial charge in [-0.15, -0.1) is 0 Å². The predicted octanol–water partition coefficient (Wildman–Crippen LogP) is 0.977. The van der Waals surface area contributed by atoms with Crippen LogP contribution in [0.4, 0.5) is 0 Å². The van der Waals surface area contributed by atoms with Gasteiger partial charge in [-0.1, -0.05) is 0 Å². The number of carbonyl (C=O) groups excluding carboxylic acids is 1. The SMILES string of the molecule is CC(C)=N/C=C(/C(N)=O)[C@H](C)NC1CC1. The summed E-state index contributed by atoms with van der Waals surface area (Å²) in [4.78, 5) is 15.3. The molecule has 0 saturated heterocycles. The molecule has 1 atom stereocenters. The molecule has 1 aliphatic carbocycles. The average molecular weight is 209 g/mol. The lowest BCUT2D eigenvalue weighted by Gasteiger charge is -2.13. The van der Waals surface area contributed by atoms with Crippen molar-refractivity contribution in [3.05, 3.63) is 11.8 Å². The van der Waals surface area contributed by atoms with Crippen LogP contribution < -0.4 is 11.1 Å². The number of carbonyl (C=O) groups is 1. The number of aliphatic imine (C=N–C) groups is 1. The first-order valence-electron chi connectivity index (χ1n) is 5.27. The third-order valence-electron chi connectivity index (χ3n) is 2.28. The monoisotopic (exact) mass is 209 g/mol. The van der Waals surface area contributed by atoms with Crippen LogP contribution in [0.3, 0.4) is 0 Å². The molecular weight excluding hydrogens is 190 g/mol. The normalized spacial score (nSPS) is 18.5. The van der Waals surface area contributed by atoms with Gasteiger partial charge >= 0.3 is 0 Å². The highest BCUT2D eigenvalue weighted by Crippen LogP contribution is 2.20. The van der Waals surface area contributed by atoms with Crippen molar-refractivity contribution in [2.24, 2.45) is 10.7 Å². The van der Waals surface area contributed by atoms with Crippen LogP contribution in [-0.4, -0.2) is 23.7 Å². The lowest BCUT2D eigenvalue weighted by atomic mass is 10.1. The first kappa shape index (κ1) is 11.9. The van der Waals surface area contributed by atoms with Crippen LogP contribution in [0.5, 0.6) is 0 Å². The van der Waals surface area contributed by atoms with Gasteiger partial charge in [0.05, 0.1) is 5.57 Å². The summed E-state index contributed by atoms with van der Waals surface area (Å²) < 4.78 is 0. The summed E-state index contributed by atoms with van der Waals surface area (Å²) in [5.74, 6) is -0.402. The first-order valence-corrected chi connectivity index (χ1v) is 5.27. The molecule has 3 N–H and O–H groups in total. The van der Waals surface area contributed by atoms with Gasteiger partial charge < -0.3 is 11.1 Å². The molecule has 84 valence electrons. The van der Waals surface area contributed by atoms with Crippen molar-refractivity contribution in [2.75, 3.05) is 0 Å². The highest BCUT2D eigenvalue weighted by molar-refractivity contribution is 5.93. The molecule has 4 nitrogen and oxygen atoms in total. The minimum atomic E-state index is -0.402. The Hall–Kier alpha value is -1.16. The van der Waals surface area contributed by atoms with Gasteiger partial charge in [-0.3, -0.25) is 9.79 Å². The third-order valence-corrected chi connectivity index (χ3v) is 2.28. The molecule has 1 rings (SSSR count). The summed E-state index contributed by atoms with van der Waals surface area (Å²) in [5, 5.41) is 3.32.